The van der Waals surface area contributed by atoms with E-state index < -0.39 is 68.5 Å². The second-order valence-electron chi connectivity index (χ2n) is 10.5. The second kappa shape index (κ2) is 7.04. The minimum Gasteiger partial charge on any atom is -0.390 e. The van der Waals surface area contributed by atoms with Crippen LogP contribution in [0.4, 0.5) is 4.39 Å². The van der Waals surface area contributed by atoms with E-state index in [2.05, 4.69) is 0 Å². The van der Waals surface area contributed by atoms with Crippen molar-refractivity contribution in [1.82, 2.24) is 0 Å². The standard InChI is InChI=1S/C23H31FO7S/c1-13-9-17-16-6-5-14-10-15(26)7-8-20(14,2)22(16,24)18(27)11-21(17,3)23(13,19(28)12-25)31-32(4,29)30/h7-8,10,13,16-18,25,27H,5-6,9,11-12H2,1-4H3/t13-,16+,17+,18+,20+,21+,22+,23+/m1/s1. The summed E-state index contributed by atoms with van der Waals surface area (Å²) in [4.78, 5) is 25.0. The third-order valence-corrected chi connectivity index (χ3v) is 9.59. The molecule has 0 aromatic carbocycles. The Bertz CT molecular complexity index is 1030. The zero-order chi connectivity index (χ0) is 23.9. The van der Waals surface area contributed by atoms with E-state index in [0.717, 1.165) is 6.26 Å². The number of allylic oxidation sites excluding steroid dienone is 4. The van der Waals surface area contributed by atoms with E-state index in [1.807, 2.05) is 0 Å². The summed E-state index contributed by atoms with van der Waals surface area (Å²) < 4.78 is 47.1. The minimum atomic E-state index is -4.11. The van der Waals surface area contributed by atoms with Crippen molar-refractivity contribution in [3.63, 3.8) is 0 Å². The van der Waals surface area contributed by atoms with Gasteiger partial charge in [0.25, 0.3) is 10.1 Å². The molecule has 8 atom stereocenters. The molecule has 0 aromatic rings. The van der Waals surface area contributed by atoms with E-state index in [1.165, 1.54) is 12.2 Å². The Morgan fingerprint density at radius 2 is 1.97 bits per heavy atom. The van der Waals surface area contributed by atoms with Gasteiger partial charge in [0.15, 0.2) is 22.8 Å². The van der Waals surface area contributed by atoms with Crippen LogP contribution >= 0.6 is 0 Å². The predicted octanol–water partition coefficient (Wildman–Crippen LogP) is 1.88. The van der Waals surface area contributed by atoms with Crippen LogP contribution < -0.4 is 0 Å². The van der Waals surface area contributed by atoms with Gasteiger partial charge in [-0.15, -0.1) is 0 Å². The summed E-state index contributed by atoms with van der Waals surface area (Å²) in [5.41, 5.74) is -5.74. The number of Topliss-reactive ketones (excluding diaryl/α,β-unsaturated/α-hetero) is 1. The summed E-state index contributed by atoms with van der Waals surface area (Å²) in [5, 5.41) is 21.1. The molecule has 0 unspecified atom stereocenters. The van der Waals surface area contributed by atoms with Crippen molar-refractivity contribution < 1.29 is 36.8 Å². The fraction of sp³-hybridized carbons (Fsp3) is 0.739. The summed E-state index contributed by atoms with van der Waals surface area (Å²) in [6.45, 7) is 4.14. The first-order valence-corrected chi connectivity index (χ1v) is 12.8. The number of hydrogen-bond donors (Lipinski definition) is 2. The van der Waals surface area contributed by atoms with Crippen LogP contribution in [0.15, 0.2) is 23.8 Å². The van der Waals surface area contributed by atoms with E-state index in [0.29, 0.717) is 24.8 Å². The maximum Gasteiger partial charge on any atom is 0.265 e. The third-order valence-electron chi connectivity index (χ3n) is 9.02. The van der Waals surface area contributed by atoms with Crippen LogP contribution in [0, 0.1) is 28.6 Å². The molecule has 178 valence electrons. The largest absolute Gasteiger partial charge is 0.390 e. The van der Waals surface area contributed by atoms with Gasteiger partial charge in [0, 0.05) is 16.7 Å². The molecule has 3 fully saturated rings. The van der Waals surface area contributed by atoms with E-state index in [4.69, 9.17) is 4.18 Å². The van der Waals surface area contributed by atoms with Crippen molar-refractivity contribution >= 4 is 21.7 Å². The highest BCUT2D eigenvalue weighted by Crippen LogP contribution is 2.71. The molecule has 0 spiro atoms. The summed E-state index contributed by atoms with van der Waals surface area (Å²) in [6, 6.07) is 0. The van der Waals surface area contributed by atoms with Gasteiger partial charge in [-0.3, -0.25) is 13.8 Å². The molecule has 4 aliphatic rings. The van der Waals surface area contributed by atoms with Crippen LogP contribution in [-0.2, 0) is 23.9 Å². The number of ketones is 2. The SMILES string of the molecule is C[C@@H]1C[C@H]2[C@@H]3CCC4=CC(=O)C=C[C@]4(C)[C@@]3(F)[C@@H](O)C[C@]2(C)[C@@]1(OS(C)(=O)=O)C(=O)CO. The normalized spacial score (nSPS) is 48.0. The van der Waals surface area contributed by atoms with Crippen LogP contribution in [0.25, 0.3) is 0 Å². The molecular formula is C23H31FO7S. The topological polar surface area (TPSA) is 118 Å². The lowest BCUT2D eigenvalue weighted by atomic mass is 9.44. The predicted molar refractivity (Wildman–Crippen MR) is 114 cm³/mol. The number of aliphatic hydroxyl groups excluding tert-OH is 2. The van der Waals surface area contributed by atoms with Crippen LogP contribution in [0.2, 0.25) is 0 Å². The summed E-state index contributed by atoms with van der Waals surface area (Å²) >= 11 is 0. The average Bonchev–Trinajstić information content (AvgIpc) is 2.90. The Labute approximate surface area is 187 Å². The zero-order valence-electron chi connectivity index (χ0n) is 18.8. The number of rotatable bonds is 4. The lowest BCUT2D eigenvalue weighted by molar-refractivity contribution is -0.214. The maximum atomic E-state index is 17.1. The molecule has 32 heavy (non-hydrogen) atoms. The van der Waals surface area contributed by atoms with Gasteiger partial charge in [0.1, 0.15) is 6.61 Å². The van der Waals surface area contributed by atoms with Crippen molar-refractivity contribution in [3.05, 3.63) is 23.8 Å². The van der Waals surface area contributed by atoms with Crippen molar-refractivity contribution in [2.75, 3.05) is 12.9 Å². The highest BCUT2D eigenvalue weighted by molar-refractivity contribution is 7.86. The average molecular weight is 471 g/mol. The van der Waals surface area contributed by atoms with Crippen molar-refractivity contribution in [3.8, 4) is 0 Å². The molecule has 2 N–H and O–H groups in total. The van der Waals surface area contributed by atoms with Gasteiger partial charge in [-0.25, -0.2) is 4.39 Å². The van der Waals surface area contributed by atoms with Crippen LogP contribution in [-0.4, -0.2) is 60.4 Å². The number of aliphatic hydroxyl groups is 2. The first kappa shape index (κ1) is 23.7. The Hall–Kier alpha value is -1.42. The van der Waals surface area contributed by atoms with Gasteiger partial charge in [-0.05, 0) is 56.6 Å². The quantitative estimate of drug-likeness (QED) is 0.602. The van der Waals surface area contributed by atoms with Crippen LogP contribution in [0.1, 0.15) is 46.5 Å². The maximum absolute atomic E-state index is 17.1. The van der Waals surface area contributed by atoms with Crippen molar-refractivity contribution in [2.45, 2.75) is 63.8 Å². The number of fused-ring (bicyclic) bond motifs is 5. The number of hydrogen-bond acceptors (Lipinski definition) is 7. The molecule has 0 heterocycles. The molecule has 0 saturated heterocycles. The molecule has 4 aliphatic carbocycles. The van der Waals surface area contributed by atoms with Gasteiger partial charge < -0.3 is 10.2 Å². The van der Waals surface area contributed by atoms with E-state index in [-0.39, 0.29) is 12.2 Å². The van der Waals surface area contributed by atoms with Crippen LogP contribution in [0.3, 0.4) is 0 Å². The second-order valence-corrected chi connectivity index (χ2v) is 12.1. The molecule has 7 nitrogen and oxygen atoms in total. The molecule has 0 aromatic heterocycles. The molecule has 0 amide bonds. The van der Waals surface area contributed by atoms with Crippen molar-refractivity contribution in [2.24, 2.45) is 28.6 Å². The number of halogens is 1. The monoisotopic (exact) mass is 470 g/mol. The molecule has 0 bridgehead atoms. The minimum absolute atomic E-state index is 0.207. The lowest BCUT2D eigenvalue weighted by Gasteiger charge is -2.62. The molecular weight excluding hydrogens is 439 g/mol. The highest BCUT2D eigenvalue weighted by Gasteiger charge is 2.77. The van der Waals surface area contributed by atoms with Gasteiger partial charge >= 0.3 is 0 Å². The molecule has 3 saturated carbocycles. The molecule has 9 heteroatoms. The zero-order valence-corrected chi connectivity index (χ0v) is 19.6. The Morgan fingerprint density at radius 3 is 2.56 bits per heavy atom. The van der Waals surface area contributed by atoms with E-state index >= 15 is 4.39 Å². The fourth-order valence-corrected chi connectivity index (χ4v) is 8.63. The lowest BCUT2D eigenvalue weighted by Crippen LogP contribution is -2.70. The van der Waals surface area contributed by atoms with Gasteiger partial charge in [0.2, 0.25) is 0 Å². The first-order chi connectivity index (χ1) is 14.7. The molecule has 4 rings (SSSR count). The molecule has 0 aliphatic heterocycles. The first-order valence-electron chi connectivity index (χ1n) is 11.0. The Balaban J connectivity index is 1.88. The fourth-order valence-electron chi connectivity index (χ4n) is 7.70. The highest BCUT2D eigenvalue weighted by atomic mass is 32.2. The summed E-state index contributed by atoms with van der Waals surface area (Å²) in [7, 11) is -4.11. The van der Waals surface area contributed by atoms with Crippen molar-refractivity contribution in [1.29, 1.82) is 0 Å². The Kier molecular flexibility index (Phi) is 5.22. The van der Waals surface area contributed by atoms with Gasteiger partial charge in [-0.1, -0.05) is 25.5 Å². The van der Waals surface area contributed by atoms with Gasteiger partial charge in [-0.2, -0.15) is 8.42 Å². The van der Waals surface area contributed by atoms with E-state index in [9.17, 15) is 28.2 Å². The number of alkyl halides is 1. The summed E-state index contributed by atoms with van der Waals surface area (Å²) in [5.74, 6) is -2.75. The number of carbonyl (C=O) groups excluding carboxylic acids is 2. The number of carbonyl (C=O) groups is 2. The Morgan fingerprint density at radius 1 is 1.31 bits per heavy atom. The van der Waals surface area contributed by atoms with E-state index in [1.54, 1.807) is 26.8 Å². The summed E-state index contributed by atoms with van der Waals surface area (Å²) in [6.07, 6.45) is 4.57. The van der Waals surface area contributed by atoms with Crippen LogP contribution in [0.5, 0.6) is 0 Å². The van der Waals surface area contributed by atoms with Gasteiger partial charge in [0.05, 0.1) is 12.4 Å². The third kappa shape index (κ3) is 2.77. The molecule has 0 radical (unpaired) electrons. The smallest absolute Gasteiger partial charge is 0.265 e.